The maximum Gasteiger partial charge on any atom is 0.0628 e. The van der Waals surface area contributed by atoms with Crippen LogP contribution in [0.2, 0.25) is 5.02 Å². The highest BCUT2D eigenvalue weighted by atomic mass is 35.5. The van der Waals surface area contributed by atoms with Crippen molar-refractivity contribution in [3.8, 4) is 0 Å². The molecule has 0 unspecified atom stereocenters. The van der Waals surface area contributed by atoms with Gasteiger partial charge in [-0.1, -0.05) is 17.7 Å². The van der Waals surface area contributed by atoms with E-state index in [4.69, 9.17) is 17.3 Å². The van der Waals surface area contributed by atoms with Crippen molar-refractivity contribution in [2.45, 2.75) is 6.92 Å². The summed E-state index contributed by atoms with van der Waals surface area (Å²) < 4.78 is 0. The van der Waals surface area contributed by atoms with Gasteiger partial charge in [0.15, 0.2) is 0 Å². The lowest BCUT2D eigenvalue weighted by Gasteiger charge is -2.06. The van der Waals surface area contributed by atoms with Gasteiger partial charge in [0.05, 0.1) is 6.67 Å². The van der Waals surface area contributed by atoms with E-state index in [1.165, 1.54) is 0 Å². The molecule has 1 rings (SSSR count). The molecule has 3 heteroatoms. The van der Waals surface area contributed by atoms with Crippen molar-refractivity contribution in [3.63, 3.8) is 0 Å². The minimum Gasteiger partial charge on any atom is -0.372 e. The summed E-state index contributed by atoms with van der Waals surface area (Å²) in [5.74, 6) is 0. The molecule has 2 nitrogen and oxygen atoms in total. The molecule has 3 N–H and O–H groups in total. The van der Waals surface area contributed by atoms with Gasteiger partial charge in [-0.05, 0) is 24.6 Å². The molecule has 0 saturated heterocycles. The van der Waals surface area contributed by atoms with Crippen molar-refractivity contribution >= 4 is 17.3 Å². The molecule has 0 aliphatic carbocycles. The first kappa shape index (κ1) is 8.37. The number of halogens is 1. The van der Waals surface area contributed by atoms with Gasteiger partial charge < -0.3 is 11.1 Å². The third kappa shape index (κ3) is 2.10. The number of hydrogen-bond donors (Lipinski definition) is 2. The molecule has 0 aliphatic heterocycles. The average Bonchev–Trinajstić information content (AvgIpc) is 1.98. The Morgan fingerprint density at radius 3 is 2.91 bits per heavy atom. The average molecular weight is 171 g/mol. The molecule has 0 radical (unpaired) electrons. The van der Waals surface area contributed by atoms with Crippen molar-refractivity contribution in [2.24, 2.45) is 5.73 Å². The van der Waals surface area contributed by atoms with E-state index in [2.05, 4.69) is 5.32 Å². The SMILES string of the molecule is Cc1ccc(Cl)cc1NCN. The Labute approximate surface area is 71.4 Å². The van der Waals surface area contributed by atoms with Gasteiger partial charge in [-0.15, -0.1) is 0 Å². The third-order valence-corrected chi connectivity index (χ3v) is 1.73. The summed E-state index contributed by atoms with van der Waals surface area (Å²) in [7, 11) is 0. The van der Waals surface area contributed by atoms with E-state index < -0.39 is 0 Å². The standard InChI is InChI=1S/C8H11ClN2/c1-6-2-3-7(9)4-8(6)11-5-10/h2-4,11H,5,10H2,1H3. The zero-order chi connectivity index (χ0) is 8.27. The second kappa shape index (κ2) is 3.60. The van der Waals surface area contributed by atoms with Crippen molar-refractivity contribution in [1.29, 1.82) is 0 Å². The van der Waals surface area contributed by atoms with Crippen LogP contribution in [0.25, 0.3) is 0 Å². The molecule has 0 saturated carbocycles. The zero-order valence-electron chi connectivity index (χ0n) is 6.39. The Balaban J connectivity index is 2.93. The number of anilines is 1. The van der Waals surface area contributed by atoms with Crippen LogP contribution in [0.3, 0.4) is 0 Å². The van der Waals surface area contributed by atoms with Gasteiger partial charge in [0.25, 0.3) is 0 Å². The van der Waals surface area contributed by atoms with Gasteiger partial charge in [-0.25, -0.2) is 0 Å². The van der Waals surface area contributed by atoms with Gasteiger partial charge in [-0.2, -0.15) is 0 Å². The topological polar surface area (TPSA) is 38.0 Å². The van der Waals surface area contributed by atoms with E-state index in [9.17, 15) is 0 Å². The van der Waals surface area contributed by atoms with Gasteiger partial charge in [0.2, 0.25) is 0 Å². The first-order valence-corrected chi connectivity index (χ1v) is 3.82. The van der Waals surface area contributed by atoms with Crippen LogP contribution in [0.5, 0.6) is 0 Å². The minimum atomic E-state index is 0.432. The van der Waals surface area contributed by atoms with Gasteiger partial charge in [0, 0.05) is 10.7 Å². The van der Waals surface area contributed by atoms with Crippen LogP contribution in [0.4, 0.5) is 5.69 Å². The normalized spacial score (nSPS) is 9.73. The molecule has 1 aromatic carbocycles. The highest BCUT2D eigenvalue weighted by molar-refractivity contribution is 6.30. The van der Waals surface area contributed by atoms with Gasteiger partial charge in [0.1, 0.15) is 0 Å². The maximum absolute atomic E-state index is 5.77. The Kier molecular flexibility index (Phi) is 2.74. The Morgan fingerprint density at radius 1 is 1.55 bits per heavy atom. The third-order valence-electron chi connectivity index (χ3n) is 1.49. The molecule has 0 atom stereocenters. The molecule has 0 bridgehead atoms. The van der Waals surface area contributed by atoms with Crippen LogP contribution < -0.4 is 11.1 Å². The summed E-state index contributed by atoms with van der Waals surface area (Å²) in [6, 6.07) is 5.68. The van der Waals surface area contributed by atoms with Crippen LogP contribution in [0.1, 0.15) is 5.56 Å². The highest BCUT2D eigenvalue weighted by Crippen LogP contribution is 2.19. The van der Waals surface area contributed by atoms with Gasteiger partial charge in [-0.3, -0.25) is 0 Å². The van der Waals surface area contributed by atoms with Crippen molar-refractivity contribution in [2.75, 3.05) is 12.0 Å². The van der Waals surface area contributed by atoms with Gasteiger partial charge >= 0.3 is 0 Å². The maximum atomic E-state index is 5.77. The summed E-state index contributed by atoms with van der Waals surface area (Å²) in [5.41, 5.74) is 7.48. The number of nitrogens with two attached hydrogens (primary N) is 1. The fraction of sp³-hybridized carbons (Fsp3) is 0.250. The molecule has 0 aliphatic rings. The monoisotopic (exact) mass is 170 g/mol. The Morgan fingerprint density at radius 2 is 2.27 bits per heavy atom. The molecular weight excluding hydrogens is 160 g/mol. The zero-order valence-corrected chi connectivity index (χ0v) is 7.15. The molecule has 60 valence electrons. The quantitative estimate of drug-likeness (QED) is 0.667. The van der Waals surface area contributed by atoms with E-state index in [0.717, 1.165) is 16.3 Å². The van der Waals surface area contributed by atoms with E-state index in [1.54, 1.807) is 0 Å². The number of benzene rings is 1. The highest BCUT2D eigenvalue weighted by Gasteiger charge is 1.95. The first-order valence-electron chi connectivity index (χ1n) is 3.44. The lowest BCUT2D eigenvalue weighted by molar-refractivity contribution is 1.14. The Hall–Kier alpha value is -0.730. The molecule has 11 heavy (non-hydrogen) atoms. The van der Waals surface area contributed by atoms with Crippen molar-refractivity contribution in [1.82, 2.24) is 0 Å². The molecule has 0 fully saturated rings. The smallest absolute Gasteiger partial charge is 0.0628 e. The van der Waals surface area contributed by atoms with Crippen LogP contribution in [0.15, 0.2) is 18.2 Å². The van der Waals surface area contributed by atoms with E-state index in [-0.39, 0.29) is 0 Å². The summed E-state index contributed by atoms with van der Waals surface area (Å²) in [6.45, 7) is 2.44. The van der Waals surface area contributed by atoms with E-state index in [0.29, 0.717) is 6.67 Å². The van der Waals surface area contributed by atoms with Crippen molar-refractivity contribution in [3.05, 3.63) is 28.8 Å². The van der Waals surface area contributed by atoms with E-state index >= 15 is 0 Å². The number of hydrogen-bond acceptors (Lipinski definition) is 2. The molecule has 0 spiro atoms. The fourth-order valence-corrected chi connectivity index (χ4v) is 1.07. The molecule has 0 amide bonds. The molecule has 0 aromatic heterocycles. The predicted molar refractivity (Wildman–Crippen MR) is 48.9 cm³/mol. The number of aryl methyl sites for hydroxylation is 1. The lowest BCUT2D eigenvalue weighted by atomic mass is 10.2. The second-order valence-corrected chi connectivity index (χ2v) is 2.78. The predicted octanol–water partition coefficient (Wildman–Crippen LogP) is 1.98. The fourth-order valence-electron chi connectivity index (χ4n) is 0.895. The van der Waals surface area contributed by atoms with Crippen LogP contribution in [0, 0.1) is 6.92 Å². The van der Waals surface area contributed by atoms with E-state index in [1.807, 2.05) is 25.1 Å². The number of nitrogens with one attached hydrogen (secondary N) is 1. The van der Waals surface area contributed by atoms with Crippen molar-refractivity contribution < 1.29 is 0 Å². The second-order valence-electron chi connectivity index (χ2n) is 2.34. The Bertz CT molecular complexity index is 248. The largest absolute Gasteiger partial charge is 0.372 e. The van der Waals surface area contributed by atoms with Crippen LogP contribution in [-0.2, 0) is 0 Å². The lowest BCUT2D eigenvalue weighted by Crippen LogP contribution is -2.11. The summed E-state index contributed by atoms with van der Waals surface area (Å²) >= 11 is 5.77. The molecular formula is C8H11ClN2. The first-order chi connectivity index (χ1) is 5.24. The number of rotatable bonds is 2. The summed E-state index contributed by atoms with van der Waals surface area (Å²) in [6.07, 6.45) is 0. The summed E-state index contributed by atoms with van der Waals surface area (Å²) in [4.78, 5) is 0. The van der Waals surface area contributed by atoms with Crippen LogP contribution >= 0.6 is 11.6 Å². The summed E-state index contributed by atoms with van der Waals surface area (Å²) in [5, 5.41) is 3.74. The minimum absolute atomic E-state index is 0.432. The molecule has 0 heterocycles. The van der Waals surface area contributed by atoms with Crippen LogP contribution in [-0.4, -0.2) is 6.67 Å². The molecule has 1 aromatic rings.